The lowest BCUT2D eigenvalue weighted by Crippen LogP contribution is -2.50. The second-order valence-corrected chi connectivity index (χ2v) is 11.6. The van der Waals surface area contributed by atoms with Crippen molar-refractivity contribution in [3.8, 4) is 0 Å². The van der Waals surface area contributed by atoms with Gasteiger partial charge < -0.3 is 15.0 Å². The van der Waals surface area contributed by atoms with Crippen LogP contribution in [0.15, 0.2) is 43.1 Å². The van der Waals surface area contributed by atoms with E-state index in [0.717, 1.165) is 5.56 Å². The summed E-state index contributed by atoms with van der Waals surface area (Å²) in [6, 6.07) is 3.04. The lowest BCUT2D eigenvalue weighted by Gasteiger charge is -2.33. The van der Waals surface area contributed by atoms with Gasteiger partial charge in [-0.3, -0.25) is 34.4 Å². The van der Waals surface area contributed by atoms with Gasteiger partial charge in [-0.1, -0.05) is 0 Å². The van der Waals surface area contributed by atoms with Gasteiger partial charge in [-0.15, -0.1) is 0 Å². The molecular formula is C30H33F2N11O4. The Balaban J connectivity index is 1.02. The Kier molecular flexibility index (Phi) is 8.46. The predicted molar refractivity (Wildman–Crippen MR) is 164 cm³/mol. The highest BCUT2D eigenvalue weighted by Crippen LogP contribution is 2.32. The number of hydrogen-bond acceptors (Lipinski definition) is 10. The molecule has 0 spiro atoms. The Morgan fingerprint density at radius 3 is 2.66 bits per heavy atom. The molecule has 0 radical (unpaired) electrons. The lowest BCUT2D eigenvalue weighted by molar-refractivity contribution is -0.120. The Bertz CT molecular complexity index is 1800. The molecule has 4 aromatic heterocycles. The van der Waals surface area contributed by atoms with Crippen LogP contribution >= 0.6 is 0 Å². The van der Waals surface area contributed by atoms with E-state index < -0.39 is 24.1 Å². The average molecular weight is 650 g/mol. The van der Waals surface area contributed by atoms with Crippen LogP contribution in [0.4, 0.5) is 30.8 Å². The minimum Gasteiger partial charge on any atom is -0.378 e. The molecule has 7 rings (SSSR count). The number of aromatic nitrogens is 6. The van der Waals surface area contributed by atoms with Gasteiger partial charge in [0.2, 0.25) is 5.91 Å². The Labute approximate surface area is 267 Å². The fourth-order valence-corrected chi connectivity index (χ4v) is 6.20. The van der Waals surface area contributed by atoms with Crippen LogP contribution in [0.5, 0.6) is 0 Å². The number of fused-ring (bicyclic) bond motifs is 1. The van der Waals surface area contributed by atoms with Crippen LogP contribution in [0.3, 0.4) is 0 Å². The van der Waals surface area contributed by atoms with E-state index in [9.17, 15) is 23.2 Å². The number of halogens is 2. The third-order valence-corrected chi connectivity index (χ3v) is 8.71. The summed E-state index contributed by atoms with van der Waals surface area (Å²) in [5, 5.41) is 13.4. The predicted octanol–water partition coefficient (Wildman–Crippen LogP) is 2.63. The molecule has 15 nitrogen and oxygen atoms in total. The Hall–Kier alpha value is -5.03. The molecule has 47 heavy (non-hydrogen) atoms. The van der Waals surface area contributed by atoms with E-state index in [1.165, 1.54) is 26.5 Å². The van der Waals surface area contributed by atoms with Crippen LogP contribution in [-0.2, 0) is 16.1 Å². The third kappa shape index (κ3) is 6.35. The normalized spacial score (nSPS) is 18.3. The number of ether oxygens (including phenoxy) is 1. The smallest absolute Gasteiger partial charge is 0.328 e. The second-order valence-electron chi connectivity index (χ2n) is 11.6. The number of nitrogens with zero attached hydrogens (tertiary/aromatic N) is 9. The van der Waals surface area contributed by atoms with E-state index in [1.54, 1.807) is 18.6 Å². The quantitative estimate of drug-likeness (QED) is 0.291. The summed E-state index contributed by atoms with van der Waals surface area (Å²) in [5.74, 6) is -0.236. The molecule has 0 saturated carbocycles. The number of carbonyl (C=O) groups excluding carboxylic acids is 3. The van der Waals surface area contributed by atoms with Crippen LogP contribution < -0.4 is 20.4 Å². The van der Waals surface area contributed by atoms with Crippen molar-refractivity contribution in [1.82, 2.24) is 39.6 Å². The van der Waals surface area contributed by atoms with Gasteiger partial charge in [0.15, 0.2) is 11.3 Å². The van der Waals surface area contributed by atoms with Crippen molar-refractivity contribution in [3.63, 3.8) is 0 Å². The van der Waals surface area contributed by atoms with Gasteiger partial charge >= 0.3 is 6.03 Å². The van der Waals surface area contributed by atoms with E-state index in [2.05, 4.69) is 40.6 Å². The van der Waals surface area contributed by atoms with Gasteiger partial charge in [0, 0.05) is 64.3 Å². The number of morpholine rings is 1. The topological polar surface area (TPSA) is 155 Å². The molecule has 0 atom stereocenters. The molecule has 0 aromatic carbocycles. The summed E-state index contributed by atoms with van der Waals surface area (Å²) in [4.78, 5) is 52.0. The standard InChI is InChI=1S/C30H33F2N11O4/c31-27(32)26-22(35-29(45)21-15-34-42-10-4-24(36-28(21)42)40-11-13-47-14-12-40)18-43(38-26)20-2-7-39(8-3-20)17-19-1-6-33-16-23(19)41-9-5-25(44)37-30(41)46/h1,4,6,10,15-16,18,20,27H,2-3,5,7-9,11-14,17H2,(H,35,45)(H,37,44,46). The highest BCUT2D eigenvalue weighted by atomic mass is 19.3. The number of rotatable bonds is 8. The summed E-state index contributed by atoms with van der Waals surface area (Å²) < 4.78 is 36.6. The van der Waals surface area contributed by atoms with Crippen molar-refractivity contribution in [3.05, 3.63) is 59.9 Å². The number of pyridine rings is 1. The summed E-state index contributed by atoms with van der Waals surface area (Å²) in [6.45, 7) is 4.62. The highest BCUT2D eigenvalue weighted by Gasteiger charge is 2.29. The number of piperidine rings is 1. The lowest BCUT2D eigenvalue weighted by atomic mass is 10.0. The van der Waals surface area contributed by atoms with Crippen molar-refractivity contribution in [2.24, 2.45) is 0 Å². The van der Waals surface area contributed by atoms with Crippen molar-refractivity contribution in [2.45, 2.75) is 38.3 Å². The van der Waals surface area contributed by atoms with Crippen molar-refractivity contribution in [2.75, 3.05) is 61.1 Å². The minimum atomic E-state index is -2.89. The SMILES string of the molecule is O=C1CCN(c2cnccc2CN2CCC(n3cc(NC(=O)c4cnn5ccc(N6CCOCC6)nc45)c(C(F)F)n3)CC2)C(=O)N1. The molecule has 0 unspecified atom stereocenters. The Morgan fingerprint density at radius 2 is 1.89 bits per heavy atom. The summed E-state index contributed by atoms with van der Waals surface area (Å²) in [5.41, 5.74) is 1.45. The van der Waals surface area contributed by atoms with Gasteiger partial charge in [0.25, 0.3) is 12.3 Å². The molecule has 3 aliphatic rings. The molecule has 2 N–H and O–H groups in total. The number of likely N-dealkylation sites (tertiary alicyclic amines) is 1. The zero-order valence-corrected chi connectivity index (χ0v) is 25.4. The Morgan fingerprint density at radius 1 is 1.09 bits per heavy atom. The minimum absolute atomic E-state index is 0.0594. The molecule has 0 aliphatic carbocycles. The maximum Gasteiger partial charge on any atom is 0.328 e. The number of anilines is 3. The number of imide groups is 1. The monoisotopic (exact) mass is 649 g/mol. The number of amides is 4. The van der Waals surface area contributed by atoms with Gasteiger partial charge in [-0.2, -0.15) is 10.2 Å². The van der Waals surface area contributed by atoms with Crippen LogP contribution in [-0.4, -0.2) is 98.0 Å². The van der Waals surface area contributed by atoms with E-state index in [-0.39, 0.29) is 36.2 Å². The maximum atomic E-state index is 14.1. The number of hydrogen-bond donors (Lipinski definition) is 2. The van der Waals surface area contributed by atoms with Gasteiger partial charge in [0.05, 0.1) is 43.0 Å². The fourth-order valence-electron chi connectivity index (χ4n) is 6.20. The largest absolute Gasteiger partial charge is 0.378 e. The van der Waals surface area contributed by atoms with Gasteiger partial charge in [-0.25, -0.2) is 23.1 Å². The molecule has 4 amide bonds. The molecule has 0 bridgehead atoms. The van der Waals surface area contributed by atoms with Crippen molar-refractivity contribution < 1.29 is 27.9 Å². The van der Waals surface area contributed by atoms with Crippen LogP contribution in [0.2, 0.25) is 0 Å². The first kappa shape index (κ1) is 30.6. The van der Waals surface area contributed by atoms with E-state index >= 15 is 0 Å². The van der Waals surface area contributed by atoms with E-state index in [1.807, 2.05) is 12.1 Å². The summed E-state index contributed by atoms with van der Waals surface area (Å²) in [6.07, 6.45) is 6.42. The first-order valence-electron chi connectivity index (χ1n) is 15.5. The molecular weight excluding hydrogens is 616 g/mol. The molecule has 4 aromatic rings. The molecule has 246 valence electrons. The second kappa shape index (κ2) is 13.0. The average Bonchev–Trinajstić information content (AvgIpc) is 3.70. The fraction of sp³-hybridized carbons (Fsp3) is 0.433. The zero-order valence-electron chi connectivity index (χ0n) is 25.4. The number of alkyl halides is 2. The molecule has 17 heteroatoms. The molecule has 3 aliphatic heterocycles. The van der Waals surface area contributed by atoms with Crippen LogP contribution in [0, 0.1) is 0 Å². The first-order chi connectivity index (χ1) is 22.8. The van der Waals surface area contributed by atoms with Crippen LogP contribution in [0.25, 0.3) is 5.65 Å². The molecule has 3 saturated heterocycles. The zero-order chi connectivity index (χ0) is 32.5. The highest BCUT2D eigenvalue weighted by molar-refractivity contribution is 6.08. The van der Waals surface area contributed by atoms with Crippen molar-refractivity contribution >= 4 is 40.7 Å². The van der Waals surface area contributed by atoms with Gasteiger partial charge in [-0.05, 0) is 30.5 Å². The summed E-state index contributed by atoms with van der Waals surface area (Å²) >= 11 is 0. The number of urea groups is 1. The third-order valence-electron chi connectivity index (χ3n) is 8.71. The number of carbonyl (C=O) groups is 3. The summed E-state index contributed by atoms with van der Waals surface area (Å²) in [7, 11) is 0. The molecule has 3 fully saturated rings. The molecule has 7 heterocycles. The maximum absolute atomic E-state index is 14.1. The first-order valence-corrected chi connectivity index (χ1v) is 15.5. The van der Waals surface area contributed by atoms with E-state index in [0.29, 0.717) is 75.9 Å². The van der Waals surface area contributed by atoms with E-state index in [4.69, 9.17) is 4.74 Å². The van der Waals surface area contributed by atoms with Crippen molar-refractivity contribution in [1.29, 1.82) is 0 Å². The van der Waals surface area contributed by atoms with Gasteiger partial charge in [0.1, 0.15) is 11.4 Å². The number of nitrogens with one attached hydrogen (secondary N) is 2. The van der Waals surface area contributed by atoms with Crippen LogP contribution in [0.1, 0.15) is 53.3 Å².